The van der Waals surface area contributed by atoms with Crippen molar-refractivity contribution in [3.63, 3.8) is 0 Å². The predicted molar refractivity (Wildman–Crippen MR) is 82.4 cm³/mol. The second-order valence-electron chi connectivity index (χ2n) is 5.31. The molecule has 0 bridgehead atoms. The third-order valence-corrected chi connectivity index (χ3v) is 3.38. The van der Waals surface area contributed by atoms with Crippen LogP contribution in [0, 0.1) is 5.82 Å². The van der Waals surface area contributed by atoms with E-state index in [1.54, 1.807) is 6.92 Å². The maximum atomic E-state index is 13.1. The lowest BCUT2D eigenvalue weighted by atomic mass is 10.1. The van der Waals surface area contributed by atoms with E-state index >= 15 is 0 Å². The van der Waals surface area contributed by atoms with Crippen molar-refractivity contribution in [2.45, 2.75) is 39.3 Å². The summed E-state index contributed by atoms with van der Waals surface area (Å²) in [5.41, 5.74) is 5.95. The standard InChI is InChI=1S/C15H24FN3O2/c1-10(2)19(7-4-8-20)11(3)15(21)18-12-5-6-13(16)14(17)9-12/h5-6,9-11,20H,4,7-8,17H2,1-3H3,(H,18,21). The van der Waals surface area contributed by atoms with E-state index < -0.39 is 5.82 Å². The zero-order chi connectivity index (χ0) is 16.0. The maximum absolute atomic E-state index is 13.1. The van der Waals surface area contributed by atoms with Gasteiger partial charge in [0.05, 0.1) is 11.7 Å². The molecule has 0 heterocycles. The molecule has 0 saturated heterocycles. The Hall–Kier alpha value is -1.66. The average Bonchev–Trinajstić information content (AvgIpc) is 2.42. The van der Waals surface area contributed by atoms with Crippen molar-refractivity contribution < 1.29 is 14.3 Å². The van der Waals surface area contributed by atoms with Gasteiger partial charge in [0.2, 0.25) is 5.91 Å². The fourth-order valence-electron chi connectivity index (χ4n) is 2.17. The Kier molecular flexibility index (Phi) is 6.58. The molecule has 1 amide bonds. The Labute approximate surface area is 124 Å². The molecule has 118 valence electrons. The molecule has 1 aromatic rings. The first-order valence-corrected chi connectivity index (χ1v) is 7.09. The Morgan fingerprint density at radius 2 is 2.10 bits per heavy atom. The highest BCUT2D eigenvalue weighted by atomic mass is 19.1. The Bertz CT molecular complexity index is 480. The first-order chi connectivity index (χ1) is 9.86. The van der Waals surface area contributed by atoms with Gasteiger partial charge in [-0.05, 0) is 45.4 Å². The number of anilines is 2. The van der Waals surface area contributed by atoms with Crippen molar-refractivity contribution in [3.05, 3.63) is 24.0 Å². The van der Waals surface area contributed by atoms with Gasteiger partial charge in [0.1, 0.15) is 5.82 Å². The van der Waals surface area contributed by atoms with Crippen LogP contribution in [0.15, 0.2) is 18.2 Å². The van der Waals surface area contributed by atoms with Crippen LogP contribution in [0.5, 0.6) is 0 Å². The molecule has 0 aromatic heterocycles. The molecule has 0 radical (unpaired) electrons. The van der Waals surface area contributed by atoms with Crippen molar-refractivity contribution in [1.29, 1.82) is 0 Å². The van der Waals surface area contributed by atoms with E-state index in [4.69, 9.17) is 10.8 Å². The summed E-state index contributed by atoms with van der Waals surface area (Å²) in [6.07, 6.45) is 0.610. The number of halogens is 1. The molecule has 1 unspecified atom stereocenters. The van der Waals surface area contributed by atoms with Crippen molar-refractivity contribution in [2.75, 3.05) is 24.2 Å². The fourth-order valence-corrected chi connectivity index (χ4v) is 2.17. The highest BCUT2D eigenvalue weighted by Gasteiger charge is 2.23. The van der Waals surface area contributed by atoms with Crippen LogP contribution in [0.3, 0.4) is 0 Å². The zero-order valence-corrected chi connectivity index (χ0v) is 12.8. The molecule has 5 nitrogen and oxygen atoms in total. The third-order valence-electron chi connectivity index (χ3n) is 3.38. The van der Waals surface area contributed by atoms with Gasteiger partial charge in [-0.1, -0.05) is 0 Å². The van der Waals surface area contributed by atoms with Crippen LogP contribution in [-0.4, -0.2) is 41.1 Å². The quantitative estimate of drug-likeness (QED) is 0.671. The van der Waals surface area contributed by atoms with Crippen LogP contribution >= 0.6 is 0 Å². The van der Waals surface area contributed by atoms with Crippen LogP contribution in [0.4, 0.5) is 15.8 Å². The first-order valence-electron chi connectivity index (χ1n) is 7.09. The lowest BCUT2D eigenvalue weighted by molar-refractivity contribution is -0.121. The molecular formula is C15H24FN3O2. The largest absolute Gasteiger partial charge is 0.396 e. The summed E-state index contributed by atoms with van der Waals surface area (Å²) >= 11 is 0. The van der Waals surface area contributed by atoms with Gasteiger partial charge in [-0.25, -0.2) is 4.39 Å². The Morgan fingerprint density at radius 1 is 1.43 bits per heavy atom. The highest BCUT2D eigenvalue weighted by molar-refractivity contribution is 5.94. The number of benzene rings is 1. The number of nitrogens with zero attached hydrogens (tertiary/aromatic N) is 1. The zero-order valence-electron chi connectivity index (χ0n) is 12.8. The summed E-state index contributed by atoms with van der Waals surface area (Å²) < 4.78 is 13.1. The van der Waals surface area contributed by atoms with Crippen molar-refractivity contribution in [1.82, 2.24) is 4.90 Å². The number of hydrogen-bond acceptors (Lipinski definition) is 4. The van der Waals surface area contributed by atoms with E-state index in [1.165, 1.54) is 18.2 Å². The van der Waals surface area contributed by atoms with Gasteiger partial charge in [-0.2, -0.15) is 0 Å². The summed E-state index contributed by atoms with van der Waals surface area (Å²) in [6.45, 7) is 6.52. The lowest BCUT2D eigenvalue weighted by Crippen LogP contribution is -2.46. The molecule has 1 rings (SSSR count). The number of hydrogen-bond donors (Lipinski definition) is 3. The maximum Gasteiger partial charge on any atom is 0.241 e. The number of carbonyl (C=O) groups is 1. The molecule has 0 spiro atoms. The van der Waals surface area contributed by atoms with Crippen molar-refractivity contribution in [2.24, 2.45) is 0 Å². The van der Waals surface area contributed by atoms with Crippen molar-refractivity contribution in [3.8, 4) is 0 Å². The highest BCUT2D eigenvalue weighted by Crippen LogP contribution is 2.17. The van der Waals surface area contributed by atoms with E-state index in [1.807, 2.05) is 18.7 Å². The molecule has 1 atom stereocenters. The average molecular weight is 297 g/mol. The van der Waals surface area contributed by atoms with Crippen LogP contribution in [0.2, 0.25) is 0 Å². The molecule has 0 aliphatic heterocycles. The molecule has 0 aliphatic rings. The molecule has 0 fully saturated rings. The second-order valence-corrected chi connectivity index (χ2v) is 5.31. The van der Waals surface area contributed by atoms with E-state index in [0.717, 1.165) is 0 Å². The van der Waals surface area contributed by atoms with Crippen LogP contribution in [-0.2, 0) is 4.79 Å². The number of aliphatic hydroxyl groups excluding tert-OH is 1. The minimum absolute atomic E-state index is 0.00134. The normalized spacial score (nSPS) is 12.7. The third kappa shape index (κ3) is 4.99. The summed E-state index contributed by atoms with van der Waals surface area (Å²) in [5, 5.41) is 11.7. The van der Waals surface area contributed by atoms with E-state index in [-0.39, 0.29) is 30.3 Å². The van der Waals surface area contributed by atoms with Gasteiger partial charge in [-0.3, -0.25) is 9.69 Å². The van der Waals surface area contributed by atoms with Gasteiger partial charge >= 0.3 is 0 Å². The number of nitrogen functional groups attached to an aromatic ring is 1. The van der Waals surface area contributed by atoms with Crippen LogP contribution in [0.25, 0.3) is 0 Å². The first kappa shape index (κ1) is 17.4. The number of rotatable bonds is 7. The van der Waals surface area contributed by atoms with Gasteiger partial charge < -0.3 is 16.2 Å². The predicted octanol–water partition coefficient (Wildman–Crippen LogP) is 1.83. The fraction of sp³-hybridized carbons (Fsp3) is 0.533. The van der Waals surface area contributed by atoms with Crippen LogP contribution < -0.4 is 11.1 Å². The summed E-state index contributed by atoms with van der Waals surface area (Å²) in [5.74, 6) is -0.694. The van der Waals surface area contributed by atoms with Gasteiger partial charge in [0.15, 0.2) is 0 Å². The number of amides is 1. The number of nitrogens with one attached hydrogen (secondary N) is 1. The smallest absolute Gasteiger partial charge is 0.241 e. The number of aliphatic hydroxyl groups is 1. The minimum Gasteiger partial charge on any atom is -0.396 e. The SMILES string of the molecule is CC(C)N(CCCO)C(C)C(=O)Nc1ccc(F)c(N)c1. The molecule has 0 saturated carbocycles. The number of carbonyl (C=O) groups excluding carboxylic acids is 1. The second kappa shape index (κ2) is 7.95. The van der Waals surface area contributed by atoms with Gasteiger partial charge in [0.25, 0.3) is 0 Å². The molecule has 21 heavy (non-hydrogen) atoms. The van der Waals surface area contributed by atoms with E-state index in [2.05, 4.69) is 5.32 Å². The molecule has 4 N–H and O–H groups in total. The molecule has 6 heteroatoms. The molecule has 0 aliphatic carbocycles. The van der Waals surface area contributed by atoms with E-state index in [0.29, 0.717) is 18.7 Å². The summed E-state index contributed by atoms with van der Waals surface area (Å²) in [6, 6.07) is 3.91. The van der Waals surface area contributed by atoms with Gasteiger partial charge in [-0.15, -0.1) is 0 Å². The van der Waals surface area contributed by atoms with Gasteiger partial charge in [0, 0.05) is 24.9 Å². The molecular weight excluding hydrogens is 273 g/mol. The van der Waals surface area contributed by atoms with Crippen LogP contribution in [0.1, 0.15) is 27.2 Å². The molecule has 1 aromatic carbocycles. The van der Waals surface area contributed by atoms with Crippen molar-refractivity contribution >= 4 is 17.3 Å². The Morgan fingerprint density at radius 3 is 2.62 bits per heavy atom. The van der Waals surface area contributed by atoms with E-state index in [9.17, 15) is 9.18 Å². The lowest BCUT2D eigenvalue weighted by Gasteiger charge is -2.31. The Balaban J connectivity index is 2.73. The monoisotopic (exact) mass is 297 g/mol. The summed E-state index contributed by atoms with van der Waals surface area (Å²) in [7, 11) is 0. The summed E-state index contributed by atoms with van der Waals surface area (Å²) in [4.78, 5) is 14.3. The topological polar surface area (TPSA) is 78.6 Å². The number of nitrogens with two attached hydrogens (primary N) is 1. The minimum atomic E-state index is -0.507.